The van der Waals surface area contributed by atoms with Crippen LogP contribution in [0, 0.1) is 0 Å². The number of nitrogens with zero attached hydrogens (tertiary/aromatic N) is 1. The molecule has 3 nitrogen and oxygen atoms in total. The Labute approximate surface area is 94.9 Å². The summed E-state index contributed by atoms with van der Waals surface area (Å²) in [5.74, 6) is 0. The second kappa shape index (κ2) is 5.58. The molecule has 0 amide bonds. The van der Waals surface area contributed by atoms with E-state index < -0.39 is 0 Å². The monoisotopic (exact) mass is 226 g/mol. The van der Waals surface area contributed by atoms with Crippen molar-refractivity contribution >= 4 is 11.3 Å². The fourth-order valence-electron chi connectivity index (χ4n) is 1.89. The maximum atomic E-state index is 5.59. The summed E-state index contributed by atoms with van der Waals surface area (Å²) in [6.07, 6.45) is 5.78. The van der Waals surface area contributed by atoms with E-state index >= 15 is 0 Å². The first-order chi connectivity index (χ1) is 7.40. The number of hydrogen-bond acceptors (Lipinski definition) is 4. The number of rotatable bonds is 5. The maximum Gasteiger partial charge on any atom is 0.109 e. The van der Waals surface area contributed by atoms with Gasteiger partial charge in [-0.15, -0.1) is 11.3 Å². The van der Waals surface area contributed by atoms with Crippen LogP contribution in [0.25, 0.3) is 0 Å². The molecule has 1 aliphatic heterocycles. The summed E-state index contributed by atoms with van der Waals surface area (Å²) in [5.41, 5.74) is 0. The summed E-state index contributed by atoms with van der Waals surface area (Å²) in [6.45, 7) is 4.08. The molecule has 0 aromatic carbocycles. The molecule has 0 radical (unpaired) electrons. The minimum Gasteiger partial charge on any atom is -0.377 e. The highest BCUT2D eigenvalue weighted by molar-refractivity contribution is 7.09. The van der Waals surface area contributed by atoms with Crippen molar-refractivity contribution in [2.24, 2.45) is 0 Å². The van der Waals surface area contributed by atoms with E-state index in [0.29, 0.717) is 12.1 Å². The van der Waals surface area contributed by atoms with Gasteiger partial charge in [-0.3, -0.25) is 0 Å². The van der Waals surface area contributed by atoms with Crippen LogP contribution in [0.4, 0.5) is 0 Å². The molecule has 1 aliphatic rings. The second-order valence-electron chi connectivity index (χ2n) is 3.87. The fourth-order valence-corrected chi connectivity index (χ4v) is 2.69. The van der Waals surface area contributed by atoms with Gasteiger partial charge >= 0.3 is 0 Å². The third kappa shape index (κ3) is 3.00. The number of hydrogen-bond donors (Lipinski definition) is 1. The molecule has 1 saturated heterocycles. The van der Waals surface area contributed by atoms with Crippen LogP contribution in [0.15, 0.2) is 11.6 Å². The Balaban J connectivity index is 1.80. The van der Waals surface area contributed by atoms with E-state index in [-0.39, 0.29) is 0 Å². The van der Waals surface area contributed by atoms with Gasteiger partial charge in [0.15, 0.2) is 0 Å². The second-order valence-corrected chi connectivity index (χ2v) is 4.80. The number of thiazole rings is 1. The fraction of sp³-hybridized carbons (Fsp3) is 0.727. The third-order valence-corrected chi connectivity index (χ3v) is 3.66. The van der Waals surface area contributed by atoms with Gasteiger partial charge in [-0.05, 0) is 19.3 Å². The van der Waals surface area contributed by atoms with Gasteiger partial charge in [-0.1, -0.05) is 6.92 Å². The van der Waals surface area contributed by atoms with Crippen molar-refractivity contribution in [3.63, 3.8) is 0 Å². The van der Waals surface area contributed by atoms with Gasteiger partial charge in [-0.2, -0.15) is 0 Å². The van der Waals surface area contributed by atoms with E-state index in [1.807, 2.05) is 11.6 Å². The average molecular weight is 226 g/mol. The zero-order valence-corrected chi connectivity index (χ0v) is 9.93. The molecule has 84 valence electrons. The summed E-state index contributed by atoms with van der Waals surface area (Å²) >= 11 is 1.72. The number of nitrogens with one attached hydrogen (secondary N) is 1. The van der Waals surface area contributed by atoms with Gasteiger partial charge in [0.05, 0.1) is 12.1 Å². The normalized spacial score (nSPS) is 23.1. The molecule has 2 atom stereocenters. The number of aromatic nitrogens is 1. The minimum absolute atomic E-state index is 0.397. The molecule has 1 fully saturated rings. The van der Waals surface area contributed by atoms with E-state index in [0.717, 1.165) is 19.6 Å². The first kappa shape index (κ1) is 11.0. The predicted molar refractivity (Wildman–Crippen MR) is 62.1 cm³/mol. The maximum absolute atomic E-state index is 5.59. The van der Waals surface area contributed by atoms with Gasteiger partial charge in [0, 0.05) is 24.7 Å². The molecule has 0 aliphatic carbocycles. The molecular formula is C11H18N2OS. The molecule has 0 saturated carbocycles. The lowest BCUT2D eigenvalue weighted by Gasteiger charge is -2.17. The van der Waals surface area contributed by atoms with Crippen molar-refractivity contribution in [1.82, 2.24) is 10.3 Å². The average Bonchev–Trinajstić information content (AvgIpc) is 2.90. The third-order valence-electron chi connectivity index (χ3n) is 2.77. The lowest BCUT2D eigenvalue weighted by Crippen LogP contribution is -2.29. The summed E-state index contributed by atoms with van der Waals surface area (Å²) < 4.78 is 5.59. The Bertz CT molecular complexity index is 270. The van der Waals surface area contributed by atoms with Crippen LogP contribution >= 0.6 is 11.3 Å². The summed E-state index contributed by atoms with van der Waals surface area (Å²) in [5, 5.41) is 6.76. The van der Waals surface area contributed by atoms with Crippen LogP contribution < -0.4 is 5.32 Å². The highest BCUT2D eigenvalue weighted by Gasteiger charge is 2.18. The zero-order valence-electron chi connectivity index (χ0n) is 9.11. The molecule has 2 heterocycles. The molecule has 1 aromatic rings. The van der Waals surface area contributed by atoms with Gasteiger partial charge in [0.2, 0.25) is 0 Å². The van der Waals surface area contributed by atoms with E-state index in [4.69, 9.17) is 4.74 Å². The molecule has 2 rings (SSSR count). The molecule has 0 spiro atoms. The van der Waals surface area contributed by atoms with Crippen molar-refractivity contribution < 1.29 is 4.74 Å². The van der Waals surface area contributed by atoms with Crippen LogP contribution in [-0.4, -0.2) is 24.2 Å². The van der Waals surface area contributed by atoms with Crippen molar-refractivity contribution in [2.75, 3.05) is 13.2 Å². The SMILES string of the molecule is CCC(NCC1CCCO1)c1nccs1. The molecule has 15 heavy (non-hydrogen) atoms. The van der Waals surface area contributed by atoms with Crippen LogP contribution in [0.3, 0.4) is 0 Å². The Morgan fingerprint density at radius 3 is 3.27 bits per heavy atom. The van der Waals surface area contributed by atoms with Crippen LogP contribution in [0.5, 0.6) is 0 Å². The molecular weight excluding hydrogens is 208 g/mol. The van der Waals surface area contributed by atoms with E-state index in [1.54, 1.807) is 11.3 Å². The van der Waals surface area contributed by atoms with Gasteiger partial charge in [-0.25, -0.2) is 4.98 Å². The first-order valence-electron chi connectivity index (χ1n) is 5.64. The molecule has 4 heteroatoms. The van der Waals surface area contributed by atoms with Gasteiger partial charge in [0.1, 0.15) is 5.01 Å². The van der Waals surface area contributed by atoms with Gasteiger partial charge < -0.3 is 10.1 Å². The quantitative estimate of drug-likeness (QED) is 0.837. The van der Waals surface area contributed by atoms with Crippen LogP contribution in [-0.2, 0) is 4.74 Å². The highest BCUT2D eigenvalue weighted by Crippen LogP contribution is 2.19. The number of ether oxygens (including phenoxy) is 1. The van der Waals surface area contributed by atoms with E-state index in [2.05, 4.69) is 17.2 Å². The van der Waals surface area contributed by atoms with Crippen molar-refractivity contribution in [3.8, 4) is 0 Å². The van der Waals surface area contributed by atoms with Crippen LogP contribution in [0.2, 0.25) is 0 Å². The summed E-state index contributed by atoms with van der Waals surface area (Å²) in [7, 11) is 0. The molecule has 2 unspecified atom stereocenters. The molecule has 1 N–H and O–H groups in total. The Kier molecular flexibility index (Phi) is 4.11. The zero-order chi connectivity index (χ0) is 10.5. The largest absolute Gasteiger partial charge is 0.377 e. The minimum atomic E-state index is 0.397. The predicted octanol–water partition coefficient (Wildman–Crippen LogP) is 2.36. The Morgan fingerprint density at radius 2 is 2.67 bits per heavy atom. The van der Waals surface area contributed by atoms with Crippen molar-refractivity contribution in [3.05, 3.63) is 16.6 Å². The van der Waals surface area contributed by atoms with Crippen molar-refractivity contribution in [1.29, 1.82) is 0 Å². The summed E-state index contributed by atoms with van der Waals surface area (Å²) in [4.78, 5) is 4.35. The first-order valence-corrected chi connectivity index (χ1v) is 6.52. The van der Waals surface area contributed by atoms with E-state index in [9.17, 15) is 0 Å². The molecule has 0 bridgehead atoms. The van der Waals surface area contributed by atoms with Gasteiger partial charge in [0.25, 0.3) is 0 Å². The van der Waals surface area contributed by atoms with Crippen LogP contribution in [0.1, 0.15) is 37.2 Å². The van der Waals surface area contributed by atoms with E-state index in [1.165, 1.54) is 17.8 Å². The highest BCUT2D eigenvalue weighted by atomic mass is 32.1. The smallest absolute Gasteiger partial charge is 0.109 e. The Hall–Kier alpha value is -0.450. The van der Waals surface area contributed by atoms with Crippen molar-refractivity contribution in [2.45, 2.75) is 38.3 Å². The Morgan fingerprint density at radius 1 is 1.73 bits per heavy atom. The summed E-state index contributed by atoms with van der Waals surface area (Å²) in [6, 6.07) is 0.397. The standard InChI is InChI=1S/C11H18N2OS/c1-2-10(11-12-5-7-15-11)13-8-9-4-3-6-14-9/h5,7,9-10,13H,2-4,6,8H2,1H3. The topological polar surface area (TPSA) is 34.1 Å². The molecule has 1 aromatic heterocycles. The lowest BCUT2D eigenvalue weighted by atomic mass is 10.2. The lowest BCUT2D eigenvalue weighted by molar-refractivity contribution is 0.107.